The van der Waals surface area contributed by atoms with E-state index in [1.54, 1.807) is 18.3 Å². The quantitative estimate of drug-likeness (QED) is 0.432. The van der Waals surface area contributed by atoms with E-state index in [1.165, 1.54) is 22.8 Å². The van der Waals surface area contributed by atoms with E-state index in [0.717, 1.165) is 12.8 Å². The number of hydrogen-bond acceptors (Lipinski definition) is 7. The summed E-state index contributed by atoms with van der Waals surface area (Å²) in [6.07, 6.45) is 4.32. The Morgan fingerprint density at radius 1 is 1.25 bits per heavy atom. The van der Waals surface area contributed by atoms with Crippen LogP contribution in [0.4, 0.5) is 15.0 Å². The van der Waals surface area contributed by atoms with Crippen molar-refractivity contribution < 1.29 is 28.6 Å². The van der Waals surface area contributed by atoms with E-state index >= 15 is 0 Å². The maximum Gasteiger partial charge on any atom is 0.407 e. The topological polar surface area (TPSA) is 127 Å². The van der Waals surface area contributed by atoms with E-state index in [-0.39, 0.29) is 23.4 Å². The van der Waals surface area contributed by atoms with Crippen molar-refractivity contribution in [2.24, 2.45) is 0 Å². The minimum Gasteiger partial charge on any atom is -0.490 e. The zero-order valence-corrected chi connectivity index (χ0v) is 20.6. The van der Waals surface area contributed by atoms with Crippen LogP contribution in [0.25, 0.3) is 5.65 Å². The summed E-state index contributed by atoms with van der Waals surface area (Å²) >= 11 is 0. The van der Waals surface area contributed by atoms with Gasteiger partial charge in [-0.15, -0.1) is 0 Å². The second kappa shape index (κ2) is 10.00. The number of rotatable bonds is 7. The van der Waals surface area contributed by atoms with Gasteiger partial charge >= 0.3 is 12.1 Å². The Bertz CT molecular complexity index is 1270. The molecule has 2 aromatic heterocycles. The smallest absolute Gasteiger partial charge is 0.407 e. The van der Waals surface area contributed by atoms with Gasteiger partial charge in [0.2, 0.25) is 0 Å². The Hall–Kier alpha value is -3.89. The normalized spacial score (nSPS) is 18.6. The number of amides is 1. The van der Waals surface area contributed by atoms with E-state index < -0.39 is 29.5 Å². The molecule has 0 spiro atoms. The van der Waals surface area contributed by atoms with Crippen LogP contribution in [0.2, 0.25) is 0 Å². The van der Waals surface area contributed by atoms with Crippen molar-refractivity contribution in [1.29, 1.82) is 0 Å². The molecule has 3 atom stereocenters. The Morgan fingerprint density at radius 3 is 2.75 bits per heavy atom. The van der Waals surface area contributed by atoms with Crippen molar-refractivity contribution in [3.8, 4) is 5.75 Å². The van der Waals surface area contributed by atoms with Gasteiger partial charge in [-0.25, -0.2) is 23.5 Å². The van der Waals surface area contributed by atoms with E-state index in [1.807, 2.05) is 27.7 Å². The van der Waals surface area contributed by atoms with Gasteiger partial charge in [0.1, 0.15) is 34.7 Å². The second-order valence-electron chi connectivity index (χ2n) is 9.89. The molecule has 1 amide bonds. The molecule has 11 heteroatoms. The number of nitrogens with one attached hydrogen (secondary N) is 2. The molecule has 1 saturated carbocycles. The van der Waals surface area contributed by atoms with Gasteiger partial charge in [-0.2, -0.15) is 5.10 Å². The van der Waals surface area contributed by atoms with Crippen LogP contribution in [0.5, 0.6) is 5.75 Å². The highest BCUT2D eigenvalue weighted by molar-refractivity contribution is 5.94. The van der Waals surface area contributed by atoms with Crippen LogP contribution in [-0.4, -0.2) is 49.5 Å². The molecule has 1 aliphatic rings. The maximum atomic E-state index is 14.2. The third-order valence-electron chi connectivity index (χ3n) is 5.80. The van der Waals surface area contributed by atoms with Gasteiger partial charge in [-0.1, -0.05) is 0 Å². The molecule has 4 rings (SSSR count). The number of alkyl carbamates (subject to hydrolysis) is 1. The number of ether oxygens (including phenoxy) is 2. The lowest BCUT2D eigenvalue weighted by Crippen LogP contribution is -2.38. The zero-order chi connectivity index (χ0) is 26.0. The minimum atomic E-state index is -1.13. The number of nitrogens with zero attached hydrogens (tertiary/aromatic N) is 3. The molecule has 36 heavy (non-hydrogen) atoms. The number of carbonyl (C=O) groups excluding carboxylic acids is 1. The Morgan fingerprint density at radius 2 is 2.03 bits per heavy atom. The monoisotopic (exact) mass is 499 g/mol. The molecule has 3 aromatic rings. The molecule has 0 radical (unpaired) electrons. The third-order valence-corrected chi connectivity index (χ3v) is 5.80. The molecule has 2 heterocycles. The van der Waals surface area contributed by atoms with Crippen molar-refractivity contribution in [2.75, 3.05) is 5.32 Å². The molecule has 0 saturated heterocycles. The molecule has 1 fully saturated rings. The van der Waals surface area contributed by atoms with Gasteiger partial charge in [0.25, 0.3) is 0 Å². The number of aromatic carboxylic acids is 1. The first kappa shape index (κ1) is 25.2. The van der Waals surface area contributed by atoms with E-state index in [0.29, 0.717) is 23.6 Å². The fourth-order valence-corrected chi connectivity index (χ4v) is 4.20. The van der Waals surface area contributed by atoms with Gasteiger partial charge in [0.15, 0.2) is 5.65 Å². The largest absolute Gasteiger partial charge is 0.490 e. The van der Waals surface area contributed by atoms with Gasteiger partial charge in [0, 0.05) is 24.2 Å². The summed E-state index contributed by atoms with van der Waals surface area (Å²) in [5.41, 5.74) is 0.200. The lowest BCUT2D eigenvalue weighted by atomic mass is 10.1. The second-order valence-corrected chi connectivity index (χ2v) is 9.89. The van der Waals surface area contributed by atoms with Crippen LogP contribution in [0, 0.1) is 5.82 Å². The number of fused-ring (bicyclic) bond motifs is 1. The molecular weight excluding hydrogens is 469 g/mol. The summed E-state index contributed by atoms with van der Waals surface area (Å²) in [7, 11) is 0. The number of carboxylic acids is 1. The first-order valence-corrected chi connectivity index (χ1v) is 11.8. The van der Waals surface area contributed by atoms with Crippen molar-refractivity contribution in [1.82, 2.24) is 19.9 Å². The molecule has 0 aliphatic heterocycles. The van der Waals surface area contributed by atoms with E-state index in [2.05, 4.69) is 20.7 Å². The molecule has 0 unspecified atom stereocenters. The Balaban J connectivity index is 1.45. The van der Waals surface area contributed by atoms with Crippen LogP contribution in [0.15, 0.2) is 36.7 Å². The third kappa shape index (κ3) is 6.02. The van der Waals surface area contributed by atoms with E-state index in [4.69, 9.17) is 9.47 Å². The summed E-state index contributed by atoms with van der Waals surface area (Å²) in [6.45, 7) is 7.27. The first-order valence-electron chi connectivity index (χ1n) is 11.8. The van der Waals surface area contributed by atoms with Crippen molar-refractivity contribution in [2.45, 2.75) is 70.7 Å². The molecule has 192 valence electrons. The number of anilines is 1. The van der Waals surface area contributed by atoms with Gasteiger partial charge in [0.05, 0.1) is 12.2 Å². The Kier molecular flexibility index (Phi) is 7.00. The number of hydrogen-bond donors (Lipinski definition) is 3. The zero-order valence-electron chi connectivity index (χ0n) is 20.6. The summed E-state index contributed by atoms with van der Waals surface area (Å²) in [4.78, 5) is 27.9. The summed E-state index contributed by atoms with van der Waals surface area (Å²) in [6, 6.07) is 5.52. The molecule has 3 N–H and O–H groups in total. The number of carboxylic acid groups (broad SMARTS) is 1. The fraction of sp³-hybridized carbons (Fsp3) is 0.440. The lowest BCUT2D eigenvalue weighted by molar-refractivity contribution is 0.0502. The SMILES string of the molecule is C[C@@H](Nc1ccn2ncc(C(=O)O)c2n1)c1cc(F)ccc1O[C@@H]1CC[C@@H](NC(=O)OC(C)(C)C)C1. The van der Waals surface area contributed by atoms with Crippen LogP contribution >= 0.6 is 0 Å². The molecule has 1 aliphatic carbocycles. The number of carbonyl (C=O) groups is 2. The fourth-order valence-electron chi connectivity index (χ4n) is 4.20. The standard InChI is InChI=1S/C25H30FN5O5/c1-14(28-21-9-10-31-22(30-21)19(13-27-31)23(32)33)18-11-15(26)5-8-20(18)35-17-7-6-16(12-17)29-24(34)36-25(2,3)4/h5,8-11,13-14,16-17H,6-7,12H2,1-4H3,(H,28,30)(H,29,34)(H,32,33)/t14-,16-,17-/m1/s1. The molecule has 10 nitrogen and oxygen atoms in total. The summed E-state index contributed by atoms with van der Waals surface area (Å²) in [5.74, 6) is -0.597. The molecule has 1 aromatic carbocycles. The van der Waals surface area contributed by atoms with Crippen LogP contribution < -0.4 is 15.4 Å². The average Bonchev–Trinajstić information content (AvgIpc) is 3.40. The highest BCUT2D eigenvalue weighted by atomic mass is 19.1. The molecular formula is C25H30FN5O5. The molecule has 0 bridgehead atoms. The van der Waals surface area contributed by atoms with Crippen molar-refractivity contribution in [3.63, 3.8) is 0 Å². The number of halogens is 1. The number of benzene rings is 1. The van der Waals surface area contributed by atoms with Crippen LogP contribution in [-0.2, 0) is 4.74 Å². The van der Waals surface area contributed by atoms with Gasteiger partial charge in [-0.3, -0.25) is 0 Å². The lowest BCUT2D eigenvalue weighted by Gasteiger charge is -2.23. The van der Waals surface area contributed by atoms with E-state index in [9.17, 15) is 19.1 Å². The summed E-state index contributed by atoms with van der Waals surface area (Å²) in [5, 5.41) is 19.4. The average molecular weight is 500 g/mol. The van der Waals surface area contributed by atoms with Crippen molar-refractivity contribution >= 4 is 23.5 Å². The van der Waals surface area contributed by atoms with Gasteiger partial charge < -0.3 is 25.2 Å². The van der Waals surface area contributed by atoms with Crippen LogP contribution in [0.3, 0.4) is 0 Å². The van der Waals surface area contributed by atoms with Gasteiger partial charge in [-0.05, 0) is 64.8 Å². The van der Waals surface area contributed by atoms with Crippen LogP contribution in [0.1, 0.15) is 68.9 Å². The predicted octanol–water partition coefficient (Wildman–Crippen LogP) is 4.56. The Labute approximate surface area is 207 Å². The van der Waals surface area contributed by atoms with Crippen molar-refractivity contribution in [3.05, 3.63) is 53.6 Å². The maximum absolute atomic E-state index is 14.2. The first-order chi connectivity index (χ1) is 17.0. The minimum absolute atomic E-state index is 0.0168. The summed E-state index contributed by atoms with van der Waals surface area (Å²) < 4.78 is 27.1. The number of aromatic nitrogens is 3. The highest BCUT2D eigenvalue weighted by Gasteiger charge is 2.30. The predicted molar refractivity (Wildman–Crippen MR) is 130 cm³/mol. The highest BCUT2D eigenvalue weighted by Crippen LogP contribution is 2.32.